The lowest BCUT2D eigenvalue weighted by molar-refractivity contribution is -0.186. The molecule has 2 fully saturated rings. The van der Waals surface area contributed by atoms with E-state index in [9.17, 15) is 45.5 Å². The summed E-state index contributed by atoms with van der Waals surface area (Å²) in [5.74, 6) is -4.37. The standard InChI is InChI=1S/C22H24F6N8O4S3/c23-21(24,25)17(39)35-7-1-3-11(35)15(37)29-19-33-31-13(42-19)5-9-41-10-6-14-32-34-20(43-14)30-16(38)12-4-2-8-36(12)18(40)22(26,27)28/h11-12H,1-10H2,(H,29,33,37)(H,30,34,38)/t11-,12?/m0/s1. The van der Waals surface area contributed by atoms with Crippen LogP contribution in [0.1, 0.15) is 35.7 Å². The van der Waals surface area contributed by atoms with Gasteiger partial charge in [0.15, 0.2) is 0 Å². The Morgan fingerprint density at radius 2 is 1.12 bits per heavy atom. The van der Waals surface area contributed by atoms with Gasteiger partial charge in [-0.05, 0) is 37.2 Å². The minimum Gasteiger partial charge on any atom is -0.323 e. The third-order valence-electron chi connectivity index (χ3n) is 6.43. The molecule has 236 valence electrons. The van der Waals surface area contributed by atoms with E-state index in [1.54, 1.807) is 11.8 Å². The second kappa shape index (κ2) is 13.7. The van der Waals surface area contributed by atoms with Gasteiger partial charge < -0.3 is 9.80 Å². The predicted octanol–water partition coefficient (Wildman–Crippen LogP) is 2.89. The third-order valence-corrected chi connectivity index (χ3v) is 9.21. The van der Waals surface area contributed by atoms with E-state index in [1.165, 1.54) is 0 Å². The molecule has 2 aliphatic heterocycles. The van der Waals surface area contributed by atoms with Gasteiger partial charge in [0, 0.05) is 25.9 Å². The first kappa shape index (κ1) is 32.8. The molecule has 0 aromatic carbocycles. The molecule has 2 aliphatic rings. The van der Waals surface area contributed by atoms with Crippen LogP contribution in [-0.4, -0.2) is 103 Å². The molecule has 2 aromatic heterocycles. The molecule has 4 heterocycles. The molecule has 2 aromatic rings. The molecule has 12 nitrogen and oxygen atoms in total. The normalized spacial score (nSPS) is 19.1. The maximum Gasteiger partial charge on any atom is 0.471 e. The van der Waals surface area contributed by atoms with Crippen molar-refractivity contribution in [2.24, 2.45) is 0 Å². The maximum atomic E-state index is 12.8. The molecule has 2 N–H and O–H groups in total. The SMILES string of the molecule is O=C(Nc1nnc(CCSCCc2nnc(NC(=O)[C@@H]3CCCN3C(=O)C(F)(F)F)s2)s1)C1CCCN1C(=O)C(F)(F)F. The molecule has 0 saturated carbocycles. The second-order valence-electron chi connectivity index (χ2n) is 9.40. The van der Waals surface area contributed by atoms with Gasteiger partial charge in [0.05, 0.1) is 0 Å². The number of nitrogens with zero attached hydrogens (tertiary/aromatic N) is 6. The maximum absolute atomic E-state index is 12.8. The fourth-order valence-corrected chi connectivity index (χ4v) is 7.12. The number of anilines is 2. The van der Waals surface area contributed by atoms with Crippen molar-refractivity contribution in [2.75, 3.05) is 35.2 Å². The Labute approximate surface area is 252 Å². The summed E-state index contributed by atoms with van der Waals surface area (Å²) in [6.07, 6.45) is -8.36. The van der Waals surface area contributed by atoms with Crippen LogP contribution < -0.4 is 10.6 Å². The highest BCUT2D eigenvalue weighted by Gasteiger charge is 2.49. The Bertz CT molecular complexity index is 1240. The van der Waals surface area contributed by atoms with Gasteiger partial charge in [0.1, 0.15) is 22.1 Å². The smallest absolute Gasteiger partial charge is 0.323 e. The molecule has 0 spiro atoms. The van der Waals surface area contributed by atoms with Crippen LogP contribution in [0.2, 0.25) is 0 Å². The summed E-state index contributed by atoms with van der Waals surface area (Å²) in [7, 11) is 0. The largest absolute Gasteiger partial charge is 0.471 e. The Morgan fingerprint density at radius 1 is 0.721 bits per heavy atom. The van der Waals surface area contributed by atoms with Crippen LogP contribution in [0.25, 0.3) is 0 Å². The molecule has 0 radical (unpaired) electrons. The van der Waals surface area contributed by atoms with Crippen molar-refractivity contribution < 1.29 is 45.5 Å². The quantitative estimate of drug-likeness (QED) is 0.287. The number of nitrogens with one attached hydrogen (secondary N) is 2. The fourth-order valence-electron chi connectivity index (χ4n) is 4.50. The number of rotatable bonds is 10. The summed E-state index contributed by atoms with van der Waals surface area (Å²) in [6, 6.07) is -2.47. The van der Waals surface area contributed by atoms with Crippen molar-refractivity contribution >= 4 is 68.3 Å². The first-order chi connectivity index (χ1) is 20.2. The summed E-state index contributed by atoms with van der Waals surface area (Å²) in [4.78, 5) is 49.2. The number of aryl methyl sites for hydroxylation is 2. The lowest BCUT2D eigenvalue weighted by Gasteiger charge is -2.24. The number of carbonyl (C=O) groups excluding carboxylic acids is 4. The Hall–Kier alpha value is -3.07. The Morgan fingerprint density at radius 3 is 1.49 bits per heavy atom. The zero-order valence-electron chi connectivity index (χ0n) is 22.0. The molecule has 1 unspecified atom stereocenters. The molecular weight excluding hydrogens is 650 g/mol. The van der Waals surface area contributed by atoms with Crippen molar-refractivity contribution in [2.45, 2.75) is 63.0 Å². The summed E-state index contributed by atoms with van der Waals surface area (Å²) in [5, 5.41) is 21.9. The Balaban J connectivity index is 1.16. The number of halogens is 6. The number of hydrogen-bond donors (Lipinski definition) is 2. The number of alkyl halides is 6. The van der Waals surface area contributed by atoms with E-state index in [0.717, 1.165) is 22.7 Å². The van der Waals surface area contributed by atoms with E-state index < -0.39 is 48.1 Å². The average Bonchev–Trinajstić information content (AvgIpc) is 3.74. The van der Waals surface area contributed by atoms with Crippen LogP contribution in [-0.2, 0) is 32.0 Å². The number of thioether (sulfide) groups is 1. The molecule has 0 bridgehead atoms. The highest BCUT2D eigenvalue weighted by Crippen LogP contribution is 2.29. The molecule has 2 saturated heterocycles. The number of carbonyl (C=O) groups is 4. The van der Waals surface area contributed by atoms with Crippen molar-refractivity contribution in [3.8, 4) is 0 Å². The number of likely N-dealkylation sites (tertiary alicyclic amines) is 2. The van der Waals surface area contributed by atoms with Crippen LogP contribution in [0.4, 0.5) is 36.6 Å². The van der Waals surface area contributed by atoms with Crippen LogP contribution in [0, 0.1) is 0 Å². The van der Waals surface area contributed by atoms with Gasteiger partial charge in [0.2, 0.25) is 22.1 Å². The van der Waals surface area contributed by atoms with Crippen molar-refractivity contribution in [3.05, 3.63) is 10.0 Å². The van der Waals surface area contributed by atoms with Crippen LogP contribution >= 0.6 is 34.4 Å². The topological polar surface area (TPSA) is 150 Å². The molecule has 0 aliphatic carbocycles. The number of aromatic nitrogens is 4. The second-order valence-corrected chi connectivity index (χ2v) is 12.8. The molecule has 2 atom stereocenters. The van der Waals surface area contributed by atoms with E-state index in [2.05, 4.69) is 31.0 Å². The van der Waals surface area contributed by atoms with Gasteiger partial charge >= 0.3 is 24.2 Å². The van der Waals surface area contributed by atoms with Gasteiger partial charge in [-0.15, -0.1) is 20.4 Å². The van der Waals surface area contributed by atoms with E-state index in [-0.39, 0.29) is 49.0 Å². The van der Waals surface area contributed by atoms with Gasteiger partial charge in [-0.3, -0.25) is 29.8 Å². The summed E-state index contributed by atoms with van der Waals surface area (Å²) in [5.41, 5.74) is 0. The van der Waals surface area contributed by atoms with Gasteiger partial charge in [-0.2, -0.15) is 38.1 Å². The highest BCUT2D eigenvalue weighted by atomic mass is 32.2. The zero-order chi connectivity index (χ0) is 31.4. The summed E-state index contributed by atoms with van der Waals surface area (Å²) < 4.78 is 76.8. The highest BCUT2D eigenvalue weighted by molar-refractivity contribution is 7.99. The average molecular weight is 675 g/mol. The van der Waals surface area contributed by atoms with Crippen LogP contribution in [0.5, 0.6) is 0 Å². The first-order valence-corrected chi connectivity index (χ1v) is 15.6. The van der Waals surface area contributed by atoms with E-state index in [4.69, 9.17) is 0 Å². The predicted molar refractivity (Wildman–Crippen MR) is 143 cm³/mol. The summed E-state index contributed by atoms with van der Waals surface area (Å²) >= 11 is 3.69. The monoisotopic (exact) mass is 674 g/mol. The molecular formula is C22H24F6N8O4S3. The lowest BCUT2D eigenvalue weighted by Crippen LogP contribution is -2.48. The number of amides is 4. The minimum atomic E-state index is -5.06. The Kier molecular flexibility index (Phi) is 10.5. The third kappa shape index (κ3) is 8.52. The van der Waals surface area contributed by atoms with E-state index >= 15 is 0 Å². The molecule has 4 amide bonds. The lowest BCUT2D eigenvalue weighted by atomic mass is 10.2. The van der Waals surface area contributed by atoms with E-state index in [0.29, 0.717) is 44.2 Å². The molecule has 43 heavy (non-hydrogen) atoms. The molecule has 4 rings (SSSR count). The number of hydrogen-bond acceptors (Lipinski definition) is 11. The zero-order valence-corrected chi connectivity index (χ0v) is 24.5. The van der Waals surface area contributed by atoms with Crippen molar-refractivity contribution in [1.29, 1.82) is 0 Å². The molecule has 21 heteroatoms. The van der Waals surface area contributed by atoms with Gasteiger partial charge in [-0.25, -0.2) is 0 Å². The van der Waals surface area contributed by atoms with Crippen LogP contribution in [0.3, 0.4) is 0 Å². The van der Waals surface area contributed by atoms with Gasteiger partial charge in [0.25, 0.3) is 0 Å². The van der Waals surface area contributed by atoms with E-state index in [1.807, 2.05) is 0 Å². The minimum absolute atomic E-state index is 0.112. The fraction of sp³-hybridized carbons (Fsp3) is 0.636. The first-order valence-electron chi connectivity index (χ1n) is 12.8. The van der Waals surface area contributed by atoms with Crippen molar-refractivity contribution in [1.82, 2.24) is 30.2 Å². The van der Waals surface area contributed by atoms with Gasteiger partial charge in [-0.1, -0.05) is 22.7 Å². The van der Waals surface area contributed by atoms with Crippen molar-refractivity contribution in [3.63, 3.8) is 0 Å². The summed E-state index contributed by atoms with van der Waals surface area (Å²) in [6.45, 7) is -0.316. The van der Waals surface area contributed by atoms with Crippen LogP contribution in [0.15, 0.2) is 0 Å².